The average Bonchev–Trinajstić information content (AvgIpc) is 2.48. The molecule has 2 fully saturated rings. The van der Waals surface area contributed by atoms with Crippen molar-refractivity contribution < 1.29 is 0 Å². The predicted octanol–water partition coefficient (Wildman–Crippen LogP) is 4.06. The minimum atomic E-state index is 0.756. The van der Waals surface area contributed by atoms with Crippen LogP contribution in [0.1, 0.15) is 72.1 Å². The molecule has 0 aromatic rings. The first-order valence-corrected chi connectivity index (χ1v) is 9.19. The smallest absolute Gasteiger partial charge is 0.0244 e. The van der Waals surface area contributed by atoms with E-state index in [0.717, 1.165) is 23.9 Å². The molecule has 1 saturated carbocycles. The van der Waals surface area contributed by atoms with Crippen molar-refractivity contribution in [3.8, 4) is 0 Å². The summed E-state index contributed by atoms with van der Waals surface area (Å²) >= 11 is 0. The van der Waals surface area contributed by atoms with Crippen LogP contribution in [-0.4, -0.2) is 36.6 Å². The standard InChI is InChI=1S/C18H36N2/c1-4-5-9-12-20-14-17(16-10-7-6-8-11-16)19-13-18(20)15(2)3/h15-19H,4-14H2,1-3H3. The number of hydrogen-bond acceptors (Lipinski definition) is 2. The fraction of sp³-hybridized carbons (Fsp3) is 1.00. The van der Waals surface area contributed by atoms with E-state index in [9.17, 15) is 0 Å². The zero-order chi connectivity index (χ0) is 14.4. The first kappa shape index (κ1) is 16.3. The van der Waals surface area contributed by atoms with Crippen molar-refractivity contribution in [3.63, 3.8) is 0 Å². The molecule has 1 N–H and O–H groups in total. The first-order valence-electron chi connectivity index (χ1n) is 9.19. The number of nitrogens with zero attached hydrogens (tertiary/aromatic N) is 1. The van der Waals surface area contributed by atoms with E-state index in [4.69, 9.17) is 0 Å². The molecule has 0 bridgehead atoms. The lowest BCUT2D eigenvalue weighted by Crippen LogP contribution is -2.60. The van der Waals surface area contributed by atoms with Crippen molar-refractivity contribution in [2.24, 2.45) is 11.8 Å². The molecule has 0 aromatic heterocycles. The molecule has 0 amide bonds. The Kier molecular flexibility index (Phi) is 6.83. The zero-order valence-corrected chi connectivity index (χ0v) is 14.0. The van der Waals surface area contributed by atoms with E-state index in [2.05, 4.69) is 31.0 Å². The molecular weight excluding hydrogens is 244 g/mol. The van der Waals surface area contributed by atoms with Crippen LogP contribution in [0.4, 0.5) is 0 Å². The van der Waals surface area contributed by atoms with Crippen LogP contribution in [0.3, 0.4) is 0 Å². The van der Waals surface area contributed by atoms with Gasteiger partial charge >= 0.3 is 0 Å². The summed E-state index contributed by atoms with van der Waals surface area (Å²) in [4.78, 5) is 2.82. The van der Waals surface area contributed by atoms with E-state index in [0.29, 0.717) is 0 Å². The topological polar surface area (TPSA) is 15.3 Å². The van der Waals surface area contributed by atoms with Crippen molar-refractivity contribution in [1.29, 1.82) is 0 Å². The van der Waals surface area contributed by atoms with Gasteiger partial charge in [0, 0.05) is 25.2 Å². The minimum Gasteiger partial charge on any atom is -0.311 e. The fourth-order valence-corrected chi connectivity index (χ4v) is 4.19. The molecular formula is C18H36N2. The van der Waals surface area contributed by atoms with Crippen LogP contribution < -0.4 is 5.32 Å². The zero-order valence-electron chi connectivity index (χ0n) is 14.0. The van der Waals surface area contributed by atoms with Gasteiger partial charge in [0.15, 0.2) is 0 Å². The van der Waals surface area contributed by atoms with Crippen molar-refractivity contribution in [1.82, 2.24) is 10.2 Å². The van der Waals surface area contributed by atoms with Crippen LogP contribution >= 0.6 is 0 Å². The van der Waals surface area contributed by atoms with Gasteiger partial charge < -0.3 is 5.32 Å². The Morgan fingerprint density at radius 2 is 1.85 bits per heavy atom. The van der Waals surface area contributed by atoms with Crippen molar-refractivity contribution in [2.75, 3.05) is 19.6 Å². The molecule has 1 saturated heterocycles. The van der Waals surface area contributed by atoms with Crippen molar-refractivity contribution in [3.05, 3.63) is 0 Å². The molecule has 0 radical (unpaired) electrons. The number of unbranched alkanes of at least 4 members (excludes halogenated alkanes) is 2. The van der Waals surface area contributed by atoms with E-state index >= 15 is 0 Å². The van der Waals surface area contributed by atoms with Gasteiger partial charge in [-0.15, -0.1) is 0 Å². The molecule has 0 spiro atoms. The predicted molar refractivity (Wildman–Crippen MR) is 88.1 cm³/mol. The van der Waals surface area contributed by atoms with Gasteiger partial charge in [-0.25, -0.2) is 0 Å². The molecule has 20 heavy (non-hydrogen) atoms. The van der Waals surface area contributed by atoms with Gasteiger partial charge in [0.2, 0.25) is 0 Å². The summed E-state index contributed by atoms with van der Waals surface area (Å²) in [5.74, 6) is 1.72. The van der Waals surface area contributed by atoms with Gasteiger partial charge in [0.25, 0.3) is 0 Å². The molecule has 2 rings (SSSR count). The normalized spacial score (nSPS) is 30.0. The van der Waals surface area contributed by atoms with E-state index in [1.165, 1.54) is 71.0 Å². The Bertz CT molecular complexity index is 258. The highest BCUT2D eigenvalue weighted by Crippen LogP contribution is 2.29. The lowest BCUT2D eigenvalue weighted by atomic mass is 9.82. The summed E-state index contributed by atoms with van der Waals surface area (Å²) in [7, 11) is 0. The van der Waals surface area contributed by atoms with E-state index in [-0.39, 0.29) is 0 Å². The number of hydrogen-bond donors (Lipinski definition) is 1. The SMILES string of the molecule is CCCCCN1CC(C2CCCCC2)NCC1C(C)C. The Morgan fingerprint density at radius 1 is 1.10 bits per heavy atom. The largest absolute Gasteiger partial charge is 0.311 e. The molecule has 0 aromatic carbocycles. The third kappa shape index (κ3) is 4.46. The highest BCUT2D eigenvalue weighted by molar-refractivity contribution is 4.91. The Balaban J connectivity index is 1.88. The van der Waals surface area contributed by atoms with Gasteiger partial charge in [-0.2, -0.15) is 0 Å². The number of nitrogens with one attached hydrogen (secondary N) is 1. The van der Waals surface area contributed by atoms with Crippen LogP contribution in [0.25, 0.3) is 0 Å². The second-order valence-electron chi connectivity index (χ2n) is 7.43. The van der Waals surface area contributed by atoms with Crippen LogP contribution in [-0.2, 0) is 0 Å². The van der Waals surface area contributed by atoms with Crippen molar-refractivity contribution >= 4 is 0 Å². The highest BCUT2D eigenvalue weighted by Gasteiger charge is 2.33. The molecule has 2 aliphatic rings. The van der Waals surface area contributed by atoms with Crippen LogP contribution in [0.5, 0.6) is 0 Å². The van der Waals surface area contributed by atoms with E-state index in [1.807, 2.05) is 0 Å². The summed E-state index contributed by atoms with van der Waals surface area (Å²) in [6.07, 6.45) is 11.4. The summed E-state index contributed by atoms with van der Waals surface area (Å²) in [5.41, 5.74) is 0. The quantitative estimate of drug-likeness (QED) is 0.738. The maximum absolute atomic E-state index is 3.90. The summed E-state index contributed by atoms with van der Waals surface area (Å²) < 4.78 is 0. The molecule has 1 aliphatic heterocycles. The maximum Gasteiger partial charge on any atom is 0.0244 e. The summed E-state index contributed by atoms with van der Waals surface area (Å²) in [6, 6.07) is 1.53. The number of rotatable bonds is 6. The lowest BCUT2D eigenvalue weighted by molar-refractivity contribution is 0.0707. The second-order valence-corrected chi connectivity index (χ2v) is 7.43. The minimum absolute atomic E-state index is 0.756. The maximum atomic E-state index is 3.90. The van der Waals surface area contributed by atoms with Gasteiger partial charge in [-0.05, 0) is 37.6 Å². The lowest BCUT2D eigenvalue weighted by Gasteiger charge is -2.45. The third-order valence-electron chi connectivity index (χ3n) is 5.53. The van der Waals surface area contributed by atoms with Crippen LogP contribution in [0.15, 0.2) is 0 Å². The third-order valence-corrected chi connectivity index (χ3v) is 5.53. The van der Waals surface area contributed by atoms with Gasteiger partial charge in [-0.3, -0.25) is 4.90 Å². The Hall–Kier alpha value is -0.0800. The van der Waals surface area contributed by atoms with Crippen LogP contribution in [0.2, 0.25) is 0 Å². The molecule has 1 aliphatic carbocycles. The van der Waals surface area contributed by atoms with E-state index in [1.54, 1.807) is 0 Å². The molecule has 2 nitrogen and oxygen atoms in total. The van der Waals surface area contributed by atoms with Crippen LogP contribution in [0, 0.1) is 11.8 Å². The van der Waals surface area contributed by atoms with Gasteiger partial charge in [0.05, 0.1) is 0 Å². The molecule has 1 heterocycles. The summed E-state index contributed by atoms with van der Waals surface area (Å²) in [6.45, 7) is 10.9. The molecule has 2 atom stereocenters. The second kappa shape index (κ2) is 8.38. The highest BCUT2D eigenvalue weighted by atomic mass is 15.2. The molecule has 2 unspecified atom stereocenters. The Labute approximate surface area is 126 Å². The monoisotopic (exact) mass is 280 g/mol. The summed E-state index contributed by atoms with van der Waals surface area (Å²) in [5, 5.41) is 3.90. The van der Waals surface area contributed by atoms with Gasteiger partial charge in [-0.1, -0.05) is 52.9 Å². The average molecular weight is 280 g/mol. The first-order chi connectivity index (χ1) is 9.72. The van der Waals surface area contributed by atoms with Gasteiger partial charge in [0.1, 0.15) is 0 Å². The molecule has 118 valence electrons. The Morgan fingerprint density at radius 3 is 2.50 bits per heavy atom. The number of piperazine rings is 1. The van der Waals surface area contributed by atoms with E-state index < -0.39 is 0 Å². The fourth-order valence-electron chi connectivity index (χ4n) is 4.19. The van der Waals surface area contributed by atoms with Crippen molar-refractivity contribution in [2.45, 2.75) is 84.2 Å². The molecule has 2 heteroatoms.